The minimum Gasteiger partial charge on any atom is -0.493 e. The Kier molecular flexibility index (Phi) is 5.79. The van der Waals surface area contributed by atoms with Gasteiger partial charge in [0, 0.05) is 0 Å². The number of nitrogens with two attached hydrogens (primary N) is 1. The maximum atomic E-state index is 7.36. The Morgan fingerprint density at radius 3 is 2.53 bits per heavy atom. The first kappa shape index (κ1) is 13.8. The van der Waals surface area contributed by atoms with E-state index in [1.807, 2.05) is 18.2 Å². The quantitative estimate of drug-likeness (QED) is 0.614. The topological polar surface area (TPSA) is 59.1 Å². The zero-order valence-corrected chi connectivity index (χ0v) is 9.80. The number of nitrogens with one attached hydrogen (secondary N) is 1. The van der Waals surface area contributed by atoms with Crippen LogP contribution in [0.2, 0.25) is 0 Å². The number of hydrogen-bond acceptors (Lipinski definition) is 2. The van der Waals surface area contributed by atoms with Gasteiger partial charge in [-0.25, -0.2) is 0 Å². The molecule has 0 aliphatic rings. The van der Waals surface area contributed by atoms with Crippen molar-refractivity contribution in [2.24, 2.45) is 11.7 Å². The van der Waals surface area contributed by atoms with Gasteiger partial charge in [-0.15, -0.1) is 12.4 Å². The summed E-state index contributed by atoms with van der Waals surface area (Å²) in [5, 5.41) is 7.36. The van der Waals surface area contributed by atoms with Crippen molar-refractivity contribution in [1.82, 2.24) is 0 Å². The molecule has 84 valence electrons. The van der Waals surface area contributed by atoms with Crippen molar-refractivity contribution in [3.05, 3.63) is 29.8 Å². The molecule has 3 N–H and O–H groups in total. The lowest BCUT2D eigenvalue weighted by Gasteiger charge is -2.11. The number of para-hydroxylation sites is 1. The van der Waals surface area contributed by atoms with Crippen LogP contribution in [0, 0.1) is 11.3 Å². The van der Waals surface area contributed by atoms with Crippen LogP contribution in [0.3, 0.4) is 0 Å². The van der Waals surface area contributed by atoms with E-state index in [1.165, 1.54) is 0 Å². The Hall–Kier alpha value is -1.22. The van der Waals surface area contributed by atoms with Gasteiger partial charge in [0.15, 0.2) is 0 Å². The number of hydrogen-bond donors (Lipinski definition) is 2. The van der Waals surface area contributed by atoms with Gasteiger partial charge in [-0.2, -0.15) is 0 Å². The van der Waals surface area contributed by atoms with Crippen LogP contribution in [0.5, 0.6) is 5.75 Å². The molecule has 4 heteroatoms. The molecule has 15 heavy (non-hydrogen) atoms. The molecular formula is C11H17ClN2O. The molecule has 1 rings (SSSR count). The van der Waals surface area contributed by atoms with Crippen molar-refractivity contribution >= 4 is 18.2 Å². The maximum absolute atomic E-state index is 7.36. The van der Waals surface area contributed by atoms with Gasteiger partial charge in [0.1, 0.15) is 11.6 Å². The molecule has 0 atom stereocenters. The first-order chi connectivity index (χ1) is 6.61. The molecule has 0 amide bonds. The fraction of sp³-hybridized carbons (Fsp3) is 0.364. The zero-order valence-electron chi connectivity index (χ0n) is 8.99. The van der Waals surface area contributed by atoms with Gasteiger partial charge in [0.05, 0.1) is 12.2 Å². The molecule has 0 aliphatic heterocycles. The molecule has 0 fully saturated rings. The van der Waals surface area contributed by atoms with Crippen molar-refractivity contribution in [3.8, 4) is 5.75 Å². The van der Waals surface area contributed by atoms with Gasteiger partial charge in [-0.1, -0.05) is 26.0 Å². The lowest BCUT2D eigenvalue weighted by Crippen LogP contribution is -2.14. The lowest BCUT2D eigenvalue weighted by molar-refractivity contribution is 0.270. The highest BCUT2D eigenvalue weighted by atomic mass is 35.5. The monoisotopic (exact) mass is 228 g/mol. The first-order valence-corrected chi connectivity index (χ1v) is 4.67. The fourth-order valence-corrected chi connectivity index (χ4v) is 1.07. The Morgan fingerprint density at radius 2 is 2.00 bits per heavy atom. The summed E-state index contributed by atoms with van der Waals surface area (Å²) in [6, 6.07) is 7.35. The standard InChI is InChI=1S/C11H16N2O.ClH/c1-8(2)7-14-10-6-4-3-5-9(10)11(12)13;/h3-6,8H,7H2,1-2H3,(H3,12,13);1H. The Balaban J connectivity index is 0.00000196. The molecule has 0 spiro atoms. The summed E-state index contributed by atoms with van der Waals surface area (Å²) < 4.78 is 5.54. The molecular weight excluding hydrogens is 212 g/mol. The van der Waals surface area contributed by atoms with E-state index in [4.69, 9.17) is 15.9 Å². The van der Waals surface area contributed by atoms with Crippen molar-refractivity contribution in [2.45, 2.75) is 13.8 Å². The summed E-state index contributed by atoms with van der Waals surface area (Å²) >= 11 is 0. The van der Waals surface area contributed by atoms with Crippen LogP contribution in [0.4, 0.5) is 0 Å². The van der Waals surface area contributed by atoms with Crippen LogP contribution in [0.25, 0.3) is 0 Å². The van der Waals surface area contributed by atoms with Crippen molar-refractivity contribution in [1.29, 1.82) is 5.41 Å². The minimum absolute atomic E-state index is 0. The van der Waals surface area contributed by atoms with E-state index in [2.05, 4.69) is 13.8 Å². The molecule has 0 bridgehead atoms. The van der Waals surface area contributed by atoms with Gasteiger partial charge in [-0.3, -0.25) is 5.41 Å². The third kappa shape index (κ3) is 4.21. The number of amidine groups is 1. The summed E-state index contributed by atoms with van der Waals surface area (Å²) in [5.41, 5.74) is 6.08. The highest BCUT2D eigenvalue weighted by Gasteiger charge is 2.05. The fourth-order valence-electron chi connectivity index (χ4n) is 1.07. The Morgan fingerprint density at radius 1 is 1.40 bits per heavy atom. The predicted molar refractivity (Wildman–Crippen MR) is 65.0 cm³/mol. The average molecular weight is 229 g/mol. The number of halogens is 1. The van der Waals surface area contributed by atoms with Gasteiger partial charge in [-0.05, 0) is 18.1 Å². The number of ether oxygens (including phenoxy) is 1. The molecule has 0 saturated heterocycles. The molecule has 0 aliphatic carbocycles. The van der Waals surface area contributed by atoms with Crippen LogP contribution in [-0.4, -0.2) is 12.4 Å². The summed E-state index contributed by atoms with van der Waals surface area (Å²) in [7, 11) is 0. The zero-order chi connectivity index (χ0) is 10.6. The molecule has 0 unspecified atom stereocenters. The summed E-state index contributed by atoms with van der Waals surface area (Å²) in [4.78, 5) is 0. The van der Waals surface area contributed by atoms with E-state index in [9.17, 15) is 0 Å². The van der Waals surface area contributed by atoms with Crippen molar-refractivity contribution in [2.75, 3.05) is 6.61 Å². The van der Waals surface area contributed by atoms with Crippen LogP contribution in [0.1, 0.15) is 19.4 Å². The first-order valence-electron chi connectivity index (χ1n) is 4.67. The number of benzene rings is 1. The molecule has 1 aromatic carbocycles. The maximum Gasteiger partial charge on any atom is 0.130 e. The van der Waals surface area contributed by atoms with Crippen molar-refractivity contribution in [3.63, 3.8) is 0 Å². The predicted octanol–water partition coefficient (Wildman–Crippen LogP) is 2.43. The normalized spacial score (nSPS) is 9.53. The Bertz CT molecular complexity index is 326. The second-order valence-electron chi connectivity index (χ2n) is 3.61. The largest absolute Gasteiger partial charge is 0.493 e. The molecule has 3 nitrogen and oxygen atoms in total. The minimum atomic E-state index is 0. The number of rotatable bonds is 4. The summed E-state index contributed by atoms with van der Waals surface area (Å²) in [5.74, 6) is 1.20. The van der Waals surface area contributed by atoms with E-state index in [0.717, 1.165) is 0 Å². The second-order valence-corrected chi connectivity index (χ2v) is 3.61. The van der Waals surface area contributed by atoms with Crippen molar-refractivity contribution < 1.29 is 4.74 Å². The van der Waals surface area contributed by atoms with E-state index >= 15 is 0 Å². The van der Waals surface area contributed by atoms with E-state index in [-0.39, 0.29) is 18.2 Å². The van der Waals surface area contributed by atoms with Crippen LogP contribution >= 0.6 is 12.4 Å². The molecule has 0 saturated carbocycles. The third-order valence-corrected chi connectivity index (χ3v) is 1.75. The molecule has 1 aromatic rings. The van der Waals surface area contributed by atoms with Gasteiger partial charge in [0.2, 0.25) is 0 Å². The average Bonchev–Trinajstić information content (AvgIpc) is 2.15. The molecule has 0 aromatic heterocycles. The highest BCUT2D eigenvalue weighted by molar-refractivity contribution is 5.97. The van der Waals surface area contributed by atoms with E-state index < -0.39 is 0 Å². The second kappa shape index (κ2) is 6.30. The van der Waals surface area contributed by atoms with Gasteiger partial charge < -0.3 is 10.5 Å². The van der Waals surface area contributed by atoms with Crippen LogP contribution < -0.4 is 10.5 Å². The molecule has 0 heterocycles. The van der Waals surface area contributed by atoms with Crippen LogP contribution in [0.15, 0.2) is 24.3 Å². The van der Waals surface area contributed by atoms with Gasteiger partial charge in [0.25, 0.3) is 0 Å². The SMILES string of the molecule is CC(C)COc1ccccc1C(=N)N.Cl. The van der Waals surface area contributed by atoms with Gasteiger partial charge >= 0.3 is 0 Å². The Labute approximate surface area is 96.5 Å². The smallest absolute Gasteiger partial charge is 0.130 e. The summed E-state index contributed by atoms with van der Waals surface area (Å²) in [6.07, 6.45) is 0. The van der Waals surface area contributed by atoms with Crippen LogP contribution in [-0.2, 0) is 0 Å². The molecule has 0 radical (unpaired) electrons. The van der Waals surface area contributed by atoms with E-state index in [0.29, 0.717) is 23.8 Å². The van der Waals surface area contributed by atoms with E-state index in [1.54, 1.807) is 6.07 Å². The lowest BCUT2D eigenvalue weighted by atomic mass is 10.2. The number of nitrogen functional groups attached to an aromatic ring is 1. The third-order valence-electron chi connectivity index (χ3n) is 1.75. The highest BCUT2D eigenvalue weighted by Crippen LogP contribution is 2.17. The summed E-state index contributed by atoms with van der Waals surface area (Å²) in [6.45, 7) is 4.80.